The SMILES string of the molecule is CCCCCOC(=O)c1ccc(CCCCOC=O)cc1. The first-order valence-electron chi connectivity index (χ1n) is 7.59. The first kappa shape index (κ1) is 17.2. The average Bonchev–Trinajstić information content (AvgIpc) is 2.52. The lowest BCUT2D eigenvalue weighted by Crippen LogP contribution is -2.06. The van der Waals surface area contributed by atoms with Crippen LogP contribution in [-0.2, 0) is 20.7 Å². The second kappa shape index (κ2) is 10.9. The third-order valence-corrected chi connectivity index (χ3v) is 3.22. The van der Waals surface area contributed by atoms with Crippen molar-refractivity contribution in [3.05, 3.63) is 35.4 Å². The predicted octanol–water partition coefficient (Wildman–Crippen LogP) is 3.53. The Morgan fingerprint density at radius 3 is 2.43 bits per heavy atom. The smallest absolute Gasteiger partial charge is 0.338 e. The van der Waals surface area contributed by atoms with Gasteiger partial charge in [0.2, 0.25) is 0 Å². The largest absolute Gasteiger partial charge is 0.468 e. The molecule has 4 nitrogen and oxygen atoms in total. The summed E-state index contributed by atoms with van der Waals surface area (Å²) >= 11 is 0. The fraction of sp³-hybridized carbons (Fsp3) is 0.529. The van der Waals surface area contributed by atoms with E-state index < -0.39 is 0 Å². The normalized spacial score (nSPS) is 10.1. The minimum Gasteiger partial charge on any atom is -0.468 e. The lowest BCUT2D eigenvalue weighted by molar-refractivity contribution is -0.128. The molecule has 0 saturated heterocycles. The third-order valence-electron chi connectivity index (χ3n) is 3.22. The molecule has 0 bridgehead atoms. The van der Waals surface area contributed by atoms with Crippen LogP contribution in [0.4, 0.5) is 0 Å². The van der Waals surface area contributed by atoms with Crippen LogP contribution in [0.1, 0.15) is 54.9 Å². The molecule has 0 aliphatic heterocycles. The van der Waals surface area contributed by atoms with Gasteiger partial charge >= 0.3 is 5.97 Å². The number of carbonyl (C=O) groups excluding carboxylic acids is 2. The fourth-order valence-electron chi connectivity index (χ4n) is 1.97. The van der Waals surface area contributed by atoms with Crippen LogP contribution in [0.15, 0.2) is 24.3 Å². The van der Waals surface area contributed by atoms with E-state index in [9.17, 15) is 9.59 Å². The van der Waals surface area contributed by atoms with Gasteiger partial charge in [0.25, 0.3) is 6.47 Å². The molecule has 0 fully saturated rings. The summed E-state index contributed by atoms with van der Waals surface area (Å²) in [7, 11) is 0. The summed E-state index contributed by atoms with van der Waals surface area (Å²) in [5, 5.41) is 0. The van der Waals surface area contributed by atoms with E-state index in [1.807, 2.05) is 12.1 Å². The van der Waals surface area contributed by atoms with E-state index in [-0.39, 0.29) is 5.97 Å². The molecular weight excluding hydrogens is 268 g/mol. The number of ether oxygens (including phenoxy) is 2. The number of benzene rings is 1. The van der Waals surface area contributed by atoms with Gasteiger partial charge in [-0.15, -0.1) is 0 Å². The number of rotatable bonds is 11. The van der Waals surface area contributed by atoms with Crippen LogP contribution >= 0.6 is 0 Å². The molecule has 1 rings (SSSR count). The molecule has 116 valence electrons. The lowest BCUT2D eigenvalue weighted by atomic mass is 10.1. The summed E-state index contributed by atoms with van der Waals surface area (Å²) < 4.78 is 9.84. The zero-order valence-corrected chi connectivity index (χ0v) is 12.7. The highest BCUT2D eigenvalue weighted by Gasteiger charge is 2.06. The topological polar surface area (TPSA) is 52.6 Å². The van der Waals surface area contributed by atoms with Gasteiger partial charge in [0.05, 0.1) is 18.8 Å². The monoisotopic (exact) mass is 292 g/mol. The van der Waals surface area contributed by atoms with Gasteiger partial charge in [0.15, 0.2) is 0 Å². The Balaban J connectivity index is 2.28. The summed E-state index contributed by atoms with van der Waals surface area (Å²) in [6, 6.07) is 7.51. The Morgan fingerprint density at radius 1 is 1.05 bits per heavy atom. The Bertz CT molecular complexity index is 411. The van der Waals surface area contributed by atoms with Gasteiger partial charge in [-0.25, -0.2) is 4.79 Å². The molecular formula is C17H24O4. The Kier molecular flexibility index (Phi) is 8.93. The van der Waals surface area contributed by atoms with Crippen LogP contribution in [0.25, 0.3) is 0 Å². The van der Waals surface area contributed by atoms with Gasteiger partial charge in [-0.05, 0) is 43.4 Å². The number of hydrogen-bond donors (Lipinski definition) is 0. The highest BCUT2D eigenvalue weighted by Crippen LogP contribution is 2.09. The molecule has 0 spiro atoms. The van der Waals surface area contributed by atoms with Gasteiger partial charge in [-0.2, -0.15) is 0 Å². The van der Waals surface area contributed by atoms with Crippen molar-refractivity contribution < 1.29 is 19.1 Å². The first-order chi connectivity index (χ1) is 10.3. The minimum absolute atomic E-state index is 0.253. The molecule has 0 amide bonds. The number of aryl methyl sites for hydroxylation is 1. The first-order valence-corrected chi connectivity index (χ1v) is 7.59. The van der Waals surface area contributed by atoms with Crippen molar-refractivity contribution in [1.29, 1.82) is 0 Å². The van der Waals surface area contributed by atoms with Crippen LogP contribution in [0, 0.1) is 0 Å². The van der Waals surface area contributed by atoms with E-state index in [2.05, 4.69) is 11.7 Å². The lowest BCUT2D eigenvalue weighted by Gasteiger charge is -2.06. The molecule has 0 N–H and O–H groups in total. The zero-order valence-electron chi connectivity index (χ0n) is 12.7. The molecule has 0 aliphatic rings. The molecule has 0 unspecified atom stereocenters. The highest BCUT2D eigenvalue weighted by atomic mass is 16.5. The maximum atomic E-state index is 11.8. The fourth-order valence-corrected chi connectivity index (χ4v) is 1.97. The molecule has 1 aromatic rings. The quantitative estimate of drug-likeness (QED) is 0.356. The maximum Gasteiger partial charge on any atom is 0.338 e. The van der Waals surface area contributed by atoms with Crippen molar-refractivity contribution in [1.82, 2.24) is 0 Å². The standard InChI is InChI=1S/C17H24O4/c1-2-3-5-13-21-17(19)16-10-8-15(9-11-16)7-4-6-12-20-14-18/h8-11,14H,2-7,12-13H2,1H3. The molecule has 0 aromatic heterocycles. The molecule has 0 heterocycles. The molecule has 21 heavy (non-hydrogen) atoms. The molecule has 1 aromatic carbocycles. The summed E-state index contributed by atoms with van der Waals surface area (Å²) in [4.78, 5) is 21.8. The molecule has 0 aliphatic carbocycles. The second-order valence-electron chi connectivity index (χ2n) is 4.96. The summed E-state index contributed by atoms with van der Waals surface area (Å²) in [5.74, 6) is -0.253. The number of unbranched alkanes of at least 4 members (excludes halogenated alkanes) is 3. The zero-order chi connectivity index (χ0) is 15.3. The summed E-state index contributed by atoms with van der Waals surface area (Å²) in [6.45, 7) is 3.55. The van der Waals surface area contributed by atoms with Crippen molar-refractivity contribution in [3.63, 3.8) is 0 Å². The molecule has 0 saturated carbocycles. The van der Waals surface area contributed by atoms with Crippen LogP contribution < -0.4 is 0 Å². The number of esters is 1. The van der Waals surface area contributed by atoms with Gasteiger partial charge in [-0.1, -0.05) is 31.9 Å². The van der Waals surface area contributed by atoms with Gasteiger partial charge in [0.1, 0.15) is 0 Å². The summed E-state index contributed by atoms with van der Waals surface area (Å²) in [6.07, 6.45) is 5.83. The van der Waals surface area contributed by atoms with E-state index in [1.54, 1.807) is 12.1 Å². The van der Waals surface area contributed by atoms with Crippen molar-refractivity contribution in [2.24, 2.45) is 0 Å². The highest BCUT2D eigenvalue weighted by molar-refractivity contribution is 5.89. The maximum absolute atomic E-state index is 11.8. The molecule has 0 radical (unpaired) electrons. The van der Waals surface area contributed by atoms with Crippen molar-refractivity contribution in [3.8, 4) is 0 Å². The van der Waals surface area contributed by atoms with Gasteiger partial charge in [-0.3, -0.25) is 4.79 Å². The Labute approximate surface area is 126 Å². The van der Waals surface area contributed by atoms with Crippen LogP contribution in [0.2, 0.25) is 0 Å². The van der Waals surface area contributed by atoms with Gasteiger partial charge < -0.3 is 9.47 Å². The molecule has 0 atom stereocenters. The third kappa shape index (κ3) is 7.49. The minimum atomic E-state index is -0.253. The van der Waals surface area contributed by atoms with Crippen LogP contribution in [-0.4, -0.2) is 25.7 Å². The van der Waals surface area contributed by atoms with E-state index >= 15 is 0 Å². The van der Waals surface area contributed by atoms with Crippen molar-refractivity contribution >= 4 is 12.4 Å². The predicted molar refractivity (Wildman–Crippen MR) is 81.2 cm³/mol. The van der Waals surface area contributed by atoms with Crippen molar-refractivity contribution in [2.45, 2.75) is 45.4 Å². The van der Waals surface area contributed by atoms with E-state index in [1.165, 1.54) is 5.56 Å². The average molecular weight is 292 g/mol. The Morgan fingerprint density at radius 2 is 1.76 bits per heavy atom. The van der Waals surface area contributed by atoms with E-state index in [0.29, 0.717) is 25.2 Å². The Hall–Kier alpha value is -1.84. The van der Waals surface area contributed by atoms with Crippen LogP contribution in [0.5, 0.6) is 0 Å². The summed E-state index contributed by atoms with van der Waals surface area (Å²) in [5.41, 5.74) is 1.77. The van der Waals surface area contributed by atoms with Gasteiger partial charge in [0, 0.05) is 0 Å². The number of carbonyl (C=O) groups is 2. The second-order valence-corrected chi connectivity index (χ2v) is 4.96. The van der Waals surface area contributed by atoms with E-state index in [4.69, 9.17) is 4.74 Å². The van der Waals surface area contributed by atoms with E-state index in [0.717, 1.165) is 38.5 Å². The van der Waals surface area contributed by atoms with Crippen molar-refractivity contribution in [2.75, 3.05) is 13.2 Å². The molecule has 4 heteroatoms. The van der Waals surface area contributed by atoms with Crippen LogP contribution in [0.3, 0.4) is 0 Å². The number of hydrogen-bond acceptors (Lipinski definition) is 4.